The van der Waals surface area contributed by atoms with Crippen molar-refractivity contribution >= 4 is 17.2 Å². The summed E-state index contributed by atoms with van der Waals surface area (Å²) in [6.45, 7) is 1.63. The van der Waals surface area contributed by atoms with Gasteiger partial charge in [-0.05, 0) is 6.92 Å². The van der Waals surface area contributed by atoms with Crippen molar-refractivity contribution in [3.05, 3.63) is 22.5 Å². The number of nitrogens with one attached hydrogen (secondary N) is 3. The van der Waals surface area contributed by atoms with Gasteiger partial charge in [0.25, 0.3) is 5.56 Å². The minimum Gasteiger partial charge on any atom is -0.387 e. The molecule has 0 radical (unpaired) electrons. The molecule has 0 bridgehead atoms. The normalized spacial score (nSPS) is 26.7. The molecule has 4 atom stereocenters. The first-order chi connectivity index (χ1) is 11.4. The summed E-state index contributed by atoms with van der Waals surface area (Å²) in [5.41, 5.74) is -0.0487. The van der Waals surface area contributed by atoms with Crippen LogP contribution in [0.1, 0.15) is 12.1 Å². The van der Waals surface area contributed by atoms with Gasteiger partial charge in [0.1, 0.15) is 24.1 Å². The molecule has 5 N–H and O–H groups in total. The number of hydrogen-bond acceptors (Lipinski definition) is 7. The maximum atomic E-state index is 11.9. The highest BCUT2D eigenvalue weighted by Gasteiger charge is 2.44. The van der Waals surface area contributed by atoms with E-state index in [4.69, 9.17) is 4.74 Å². The zero-order valence-corrected chi connectivity index (χ0v) is 13.1. The highest BCUT2D eigenvalue weighted by molar-refractivity contribution is 5.73. The Morgan fingerprint density at radius 2 is 2.21 bits per heavy atom. The van der Waals surface area contributed by atoms with Gasteiger partial charge in [-0.3, -0.25) is 9.36 Å². The van der Waals surface area contributed by atoms with Crippen molar-refractivity contribution in [3.8, 4) is 0 Å². The number of aromatic amines is 1. The molecule has 3 heterocycles. The van der Waals surface area contributed by atoms with Crippen LogP contribution in [0.3, 0.4) is 0 Å². The summed E-state index contributed by atoms with van der Waals surface area (Å²) < 4.78 is 7.04. The Hall–Kier alpha value is -2.50. The largest absolute Gasteiger partial charge is 0.387 e. The van der Waals surface area contributed by atoms with Crippen LogP contribution in [-0.2, 0) is 4.74 Å². The van der Waals surface area contributed by atoms with E-state index in [-0.39, 0.29) is 17.7 Å². The molecule has 0 aromatic carbocycles. The molecule has 2 aromatic rings. The van der Waals surface area contributed by atoms with Gasteiger partial charge in [0.2, 0.25) is 0 Å². The van der Waals surface area contributed by atoms with Gasteiger partial charge >= 0.3 is 6.03 Å². The van der Waals surface area contributed by atoms with Crippen LogP contribution in [0.25, 0.3) is 11.2 Å². The maximum absolute atomic E-state index is 11.9. The summed E-state index contributed by atoms with van der Waals surface area (Å²) in [5.74, 6) is 0.389. The number of ether oxygens (including phenoxy) is 1. The fraction of sp³-hybridized carbons (Fsp3) is 0.538. The zero-order chi connectivity index (χ0) is 17.4. The number of amides is 2. The van der Waals surface area contributed by atoms with E-state index in [2.05, 4.69) is 25.6 Å². The topological polar surface area (TPSA) is 154 Å². The Kier molecular flexibility index (Phi) is 4.22. The number of fused-ring (bicyclic) bond motifs is 1. The van der Waals surface area contributed by atoms with E-state index >= 15 is 0 Å². The number of aliphatic hydroxyl groups excluding tert-OH is 2. The van der Waals surface area contributed by atoms with E-state index in [1.54, 1.807) is 6.92 Å². The molecule has 1 unspecified atom stereocenters. The quantitative estimate of drug-likeness (QED) is 0.432. The van der Waals surface area contributed by atoms with Gasteiger partial charge in [0.15, 0.2) is 17.4 Å². The summed E-state index contributed by atoms with van der Waals surface area (Å²) in [4.78, 5) is 33.8. The lowest BCUT2D eigenvalue weighted by molar-refractivity contribution is -0.0335. The SMILES string of the molecule is CNC(=O)NC[C@H]1O[C@@H](n2cnc3c(=O)[nH]c(C)nc32)C(O)[C@H]1O. The van der Waals surface area contributed by atoms with E-state index in [1.807, 2.05) is 0 Å². The Balaban J connectivity index is 1.87. The van der Waals surface area contributed by atoms with Gasteiger partial charge in [-0.15, -0.1) is 0 Å². The third kappa shape index (κ3) is 2.72. The molecule has 1 fully saturated rings. The van der Waals surface area contributed by atoms with Crippen molar-refractivity contribution in [2.24, 2.45) is 0 Å². The molecule has 3 rings (SSSR count). The van der Waals surface area contributed by atoms with Crippen molar-refractivity contribution in [1.29, 1.82) is 0 Å². The molecule has 2 aromatic heterocycles. The van der Waals surface area contributed by atoms with Crippen LogP contribution in [-0.4, -0.2) is 67.7 Å². The first-order valence-electron chi connectivity index (χ1n) is 7.33. The molecule has 0 spiro atoms. The van der Waals surface area contributed by atoms with Crippen LogP contribution < -0.4 is 16.2 Å². The monoisotopic (exact) mass is 338 g/mol. The van der Waals surface area contributed by atoms with E-state index in [0.29, 0.717) is 5.82 Å². The number of carbonyl (C=O) groups excluding carboxylic acids is 1. The summed E-state index contributed by atoms with van der Waals surface area (Å²) in [6.07, 6.45) is -2.95. The Bertz CT molecular complexity index is 817. The number of H-pyrrole nitrogens is 1. The molecular weight excluding hydrogens is 320 g/mol. The summed E-state index contributed by atoms with van der Waals surface area (Å²) >= 11 is 0. The predicted octanol–water partition coefficient (Wildman–Crippen LogP) is -2.02. The average molecular weight is 338 g/mol. The highest BCUT2D eigenvalue weighted by Crippen LogP contribution is 2.30. The molecule has 24 heavy (non-hydrogen) atoms. The van der Waals surface area contributed by atoms with Gasteiger partial charge in [-0.25, -0.2) is 14.8 Å². The van der Waals surface area contributed by atoms with E-state index in [0.717, 1.165) is 0 Å². The van der Waals surface area contributed by atoms with Gasteiger partial charge in [-0.1, -0.05) is 0 Å². The van der Waals surface area contributed by atoms with E-state index < -0.39 is 36.1 Å². The third-order valence-corrected chi connectivity index (χ3v) is 3.85. The summed E-state index contributed by atoms with van der Waals surface area (Å²) in [6, 6.07) is -0.430. The molecule has 0 aliphatic carbocycles. The standard InChI is InChI=1S/C13H18N6O5/c1-5-17-10-7(11(22)18-5)16-4-19(10)12-9(21)8(20)6(24-12)3-15-13(23)14-2/h4,6,8-9,12,20-21H,3H2,1-2H3,(H2,14,15,23)(H,17,18,22)/t6-,8+,9?,12-/m1/s1. The second kappa shape index (κ2) is 6.19. The van der Waals surface area contributed by atoms with Crippen molar-refractivity contribution in [1.82, 2.24) is 30.2 Å². The minimum atomic E-state index is -1.26. The second-order valence-electron chi connectivity index (χ2n) is 5.48. The van der Waals surface area contributed by atoms with Crippen molar-refractivity contribution in [2.75, 3.05) is 13.6 Å². The number of aromatic nitrogens is 4. The molecule has 1 aliphatic rings. The number of carbonyl (C=O) groups is 1. The molecule has 0 saturated carbocycles. The summed E-state index contributed by atoms with van der Waals surface area (Å²) in [7, 11) is 1.46. The summed E-state index contributed by atoms with van der Waals surface area (Å²) in [5, 5.41) is 25.3. The van der Waals surface area contributed by atoms with Gasteiger partial charge in [0.05, 0.1) is 6.33 Å². The van der Waals surface area contributed by atoms with Crippen molar-refractivity contribution < 1.29 is 19.7 Å². The number of hydrogen-bond donors (Lipinski definition) is 5. The first kappa shape index (κ1) is 16.4. The lowest BCUT2D eigenvalue weighted by Crippen LogP contribution is -2.42. The van der Waals surface area contributed by atoms with Crippen LogP contribution in [0.2, 0.25) is 0 Å². The number of rotatable bonds is 3. The van der Waals surface area contributed by atoms with Crippen LogP contribution in [0.4, 0.5) is 4.79 Å². The Morgan fingerprint density at radius 1 is 1.46 bits per heavy atom. The second-order valence-corrected chi connectivity index (χ2v) is 5.48. The minimum absolute atomic E-state index is 0.00801. The number of aliphatic hydroxyl groups is 2. The van der Waals surface area contributed by atoms with Crippen LogP contribution in [0.15, 0.2) is 11.1 Å². The molecule has 1 saturated heterocycles. The van der Waals surface area contributed by atoms with E-state index in [1.165, 1.54) is 17.9 Å². The van der Waals surface area contributed by atoms with Gasteiger partial charge in [-0.2, -0.15) is 0 Å². The van der Waals surface area contributed by atoms with Crippen LogP contribution in [0.5, 0.6) is 0 Å². The number of imidazole rings is 1. The lowest BCUT2D eigenvalue weighted by Gasteiger charge is -2.16. The fourth-order valence-electron chi connectivity index (χ4n) is 2.63. The van der Waals surface area contributed by atoms with Gasteiger partial charge in [0, 0.05) is 13.6 Å². The van der Waals surface area contributed by atoms with Crippen molar-refractivity contribution in [3.63, 3.8) is 0 Å². The molecule has 11 heteroatoms. The fourth-order valence-corrected chi connectivity index (χ4v) is 2.63. The maximum Gasteiger partial charge on any atom is 0.314 e. The number of nitrogens with zero attached hydrogens (tertiary/aromatic N) is 3. The Morgan fingerprint density at radius 3 is 2.92 bits per heavy atom. The highest BCUT2D eigenvalue weighted by atomic mass is 16.6. The number of urea groups is 1. The predicted molar refractivity (Wildman–Crippen MR) is 81.3 cm³/mol. The van der Waals surface area contributed by atoms with E-state index in [9.17, 15) is 19.8 Å². The zero-order valence-electron chi connectivity index (χ0n) is 13.1. The number of aryl methyl sites for hydroxylation is 1. The molecule has 130 valence electrons. The first-order valence-corrected chi connectivity index (χ1v) is 7.33. The van der Waals surface area contributed by atoms with Crippen molar-refractivity contribution in [2.45, 2.75) is 31.5 Å². The van der Waals surface area contributed by atoms with Crippen LogP contribution in [0, 0.1) is 6.92 Å². The molecule has 11 nitrogen and oxygen atoms in total. The smallest absolute Gasteiger partial charge is 0.314 e. The lowest BCUT2D eigenvalue weighted by atomic mass is 10.1. The molecular formula is C13H18N6O5. The van der Waals surface area contributed by atoms with Crippen LogP contribution >= 0.6 is 0 Å². The third-order valence-electron chi connectivity index (χ3n) is 3.85. The average Bonchev–Trinajstić information content (AvgIpc) is 3.08. The van der Waals surface area contributed by atoms with Gasteiger partial charge < -0.3 is 30.6 Å². The molecule has 2 amide bonds. The Labute approximate surface area is 135 Å². The molecule has 1 aliphatic heterocycles.